The predicted molar refractivity (Wildman–Crippen MR) is 173 cm³/mol. The molecule has 4 rings (SSSR count). The maximum absolute atomic E-state index is 12.7. The average molecular weight is 588 g/mol. The van der Waals surface area contributed by atoms with Crippen LogP contribution in [0, 0.1) is 24.7 Å². The van der Waals surface area contributed by atoms with Gasteiger partial charge in [0, 0.05) is 66.7 Å². The van der Waals surface area contributed by atoms with Crippen LogP contribution in [0.25, 0.3) is 0 Å². The molecule has 0 radical (unpaired) electrons. The Hall–Kier alpha value is -2.59. The molecule has 1 atom stereocenters. The van der Waals surface area contributed by atoms with E-state index in [-0.39, 0.29) is 24.1 Å². The molecule has 1 aromatic carbocycles. The Bertz CT molecular complexity index is 1180. The minimum Gasteiger partial charge on any atom is -0.353 e. The first-order valence-electron chi connectivity index (χ1n) is 14.2. The number of benzene rings is 1. The number of fused-ring (bicyclic) bond motifs is 1. The highest BCUT2D eigenvalue weighted by Crippen LogP contribution is 2.39. The summed E-state index contributed by atoms with van der Waals surface area (Å²) in [6.07, 6.45) is 0.413. The van der Waals surface area contributed by atoms with Gasteiger partial charge in [-0.1, -0.05) is 51.4 Å². The Morgan fingerprint density at radius 2 is 1.70 bits per heavy atom. The van der Waals surface area contributed by atoms with E-state index in [1.165, 1.54) is 0 Å². The number of piperazine rings is 1. The number of carbonyl (C=O) groups excluding carboxylic acids is 1. The van der Waals surface area contributed by atoms with Crippen LogP contribution in [0.3, 0.4) is 0 Å². The second kappa shape index (κ2) is 16.0. The summed E-state index contributed by atoms with van der Waals surface area (Å²) in [7, 11) is 2.12. The molecule has 0 saturated carbocycles. The van der Waals surface area contributed by atoms with E-state index in [0.29, 0.717) is 11.4 Å². The number of amidine groups is 2. The lowest BCUT2D eigenvalue weighted by molar-refractivity contribution is -0.121. The number of thiophene rings is 1. The van der Waals surface area contributed by atoms with Crippen LogP contribution in [-0.4, -0.2) is 85.4 Å². The molecule has 0 aliphatic carbocycles. The number of carbonyl (C=O) groups is 1. The quantitative estimate of drug-likeness (QED) is 0.293. The van der Waals surface area contributed by atoms with Crippen molar-refractivity contribution < 1.29 is 4.79 Å². The monoisotopic (exact) mass is 587 g/mol. The van der Waals surface area contributed by atoms with Gasteiger partial charge < -0.3 is 15.1 Å². The van der Waals surface area contributed by atoms with Crippen molar-refractivity contribution in [2.45, 2.75) is 60.9 Å². The number of anilines is 1. The molecule has 1 amide bonds. The number of amides is 1. The maximum Gasteiger partial charge on any atom is 0.221 e. The highest BCUT2D eigenvalue weighted by Gasteiger charge is 2.34. The number of rotatable bonds is 6. The first-order chi connectivity index (χ1) is 19.2. The summed E-state index contributed by atoms with van der Waals surface area (Å²) in [6, 6.07) is 6.90. The van der Waals surface area contributed by atoms with Crippen LogP contribution in [0.4, 0.5) is 5.00 Å². The van der Waals surface area contributed by atoms with E-state index in [9.17, 15) is 4.79 Å². The van der Waals surface area contributed by atoms with Crippen LogP contribution in [0.15, 0.2) is 29.3 Å². The van der Waals surface area contributed by atoms with Crippen LogP contribution in [-0.2, 0) is 4.79 Å². The number of nitrogens with one attached hydrogen (secondary N) is 3. The summed E-state index contributed by atoms with van der Waals surface area (Å²) < 4.78 is 0. The van der Waals surface area contributed by atoms with Gasteiger partial charge in [0.05, 0.1) is 5.71 Å². The van der Waals surface area contributed by atoms with Crippen molar-refractivity contribution in [3.05, 3.63) is 50.9 Å². The van der Waals surface area contributed by atoms with Crippen molar-refractivity contribution in [3.63, 3.8) is 0 Å². The minimum atomic E-state index is -0.622. The largest absolute Gasteiger partial charge is 0.353 e. The second-order valence-corrected chi connectivity index (χ2v) is 11.1. The third-order valence-electron chi connectivity index (χ3n) is 6.84. The molecule has 0 bridgehead atoms. The number of hydrogen-bond donors (Lipinski definition) is 3. The molecule has 0 spiro atoms. The van der Waals surface area contributed by atoms with Gasteiger partial charge in [0.1, 0.15) is 22.7 Å². The molecule has 2 aliphatic heterocycles. The lowest BCUT2D eigenvalue weighted by atomic mass is 10.00. The fourth-order valence-electron chi connectivity index (χ4n) is 4.52. The number of nitrogens with zero attached hydrogens (tertiary/aromatic N) is 4. The van der Waals surface area contributed by atoms with Gasteiger partial charge in [0.15, 0.2) is 0 Å². The van der Waals surface area contributed by atoms with Gasteiger partial charge in [0.25, 0.3) is 0 Å². The van der Waals surface area contributed by atoms with Crippen molar-refractivity contribution in [1.29, 1.82) is 10.8 Å². The fourth-order valence-corrected chi connectivity index (χ4v) is 5.87. The molecular weight excluding hydrogens is 542 g/mol. The third-order valence-corrected chi connectivity index (χ3v) is 8.29. The summed E-state index contributed by atoms with van der Waals surface area (Å²) in [5, 5.41) is 21.9. The molecule has 40 heavy (non-hydrogen) atoms. The van der Waals surface area contributed by atoms with Crippen molar-refractivity contribution >= 4 is 51.2 Å². The lowest BCUT2D eigenvalue weighted by Crippen LogP contribution is -2.47. The van der Waals surface area contributed by atoms with E-state index in [4.69, 9.17) is 27.4 Å². The van der Waals surface area contributed by atoms with Gasteiger partial charge in [-0.15, -0.1) is 11.3 Å². The van der Waals surface area contributed by atoms with Crippen molar-refractivity contribution in [2.75, 3.05) is 51.2 Å². The first kappa shape index (κ1) is 33.6. The number of hydrogen-bond acceptors (Lipinski definition) is 7. The van der Waals surface area contributed by atoms with Crippen LogP contribution in [0.2, 0.25) is 5.02 Å². The Morgan fingerprint density at radius 1 is 1.10 bits per heavy atom. The summed E-state index contributed by atoms with van der Waals surface area (Å²) in [5.74, 6) is 0.393. The zero-order chi connectivity index (χ0) is 30.0. The highest BCUT2D eigenvalue weighted by molar-refractivity contribution is 7.17. The normalized spacial score (nSPS) is 17.4. The fraction of sp³-hybridized carbons (Fsp3) is 0.533. The molecule has 1 unspecified atom stereocenters. The SMILES string of the molecule is CC.CC.CC(=N)N1C(=N)C(CNC(=O)CCN2CCN(C)CC2)N=C(c2ccc(Cl)cc2)c2c1sc(C)c2C. The molecular formula is C30H46ClN7OS. The molecule has 1 fully saturated rings. The summed E-state index contributed by atoms with van der Waals surface area (Å²) in [5.41, 5.74) is 3.67. The number of aliphatic imine (C=N–C) groups is 1. The summed E-state index contributed by atoms with van der Waals surface area (Å²) in [4.78, 5) is 25.1. The predicted octanol–water partition coefficient (Wildman–Crippen LogP) is 5.82. The number of likely N-dealkylation sites (N-methyl/N-ethyl adjacent to an activating group) is 1. The number of aryl methyl sites for hydroxylation is 1. The van der Waals surface area contributed by atoms with Crippen molar-refractivity contribution in [2.24, 2.45) is 4.99 Å². The van der Waals surface area contributed by atoms with Gasteiger partial charge in [-0.2, -0.15) is 0 Å². The number of halogens is 1. The molecule has 2 aliphatic rings. The lowest BCUT2D eigenvalue weighted by Gasteiger charge is -2.32. The Labute approximate surface area is 249 Å². The van der Waals surface area contributed by atoms with E-state index in [1.54, 1.807) is 23.2 Å². The van der Waals surface area contributed by atoms with Gasteiger partial charge in [0.2, 0.25) is 5.91 Å². The van der Waals surface area contributed by atoms with E-state index < -0.39 is 6.04 Å². The molecule has 1 aromatic heterocycles. The first-order valence-corrected chi connectivity index (χ1v) is 15.4. The minimum absolute atomic E-state index is 0.0471. The van der Waals surface area contributed by atoms with E-state index in [0.717, 1.165) is 65.0 Å². The van der Waals surface area contributed by atoms with Crippen LogP contribution < -0.4 is 10.2 Å². The molecule has 10 heteroatoms. The van der Waals surface area contributed by atoms with Crippen LogP contribution >= 0.6 is 22.9 Å². The van der Waals surface area contributed by atoms with Gasteiger partial charge >= 0.3 is 0 Å². The van der Waals surface area contributed by atoms with E-state index in [1.807, 2.05) is 58.9 Å². The zero-order valence-corrected chi connectivity index (χ0v) is 26.9. The van der Waals surface area contributed by atoms with Crippen LogP contribution in [0.1, 0.15) is 62.6 Å². The average Bonchev–Trinajstić information content (AvgIpc) is 3.17. The van der Waals surface area contributed by atoms with Gasteiger partial charge in [-0.3, -0.25) is 25.5 Å². The Kier molecular flexibility index (Phi) is 13.4. The standard InChI is InChI=1S/C26H34ClN7OS.2C2H6/c1-16-17(2)36-26-23(16)24(19-5-7-20(27)8-6-19)31-21(25(29)34(26)18(3)28)15-30-22(35)9-10-33-13-11-32(4)12-14-33;2*1-2/h5-8,21,28-29H,9-15H2,1-4H3,(H,30,35);2*1-2H3. The van der Waals surface area contributed by atoms with Crippen molar-refractivity contribution in [1.82, 2.24) is 15.1 Å². The molecule has 2 aromatic rings. The molecule has 1 saturated heterocycles. The summed E-state index contributed by atoms with van der Waals surface area (Å²) in [6.45, 7) is 18.7. The topological polar surface area (TPSA) is 98.9 Å². The smallest absolute Gasteiger partial charge is 0.221 e. The summed E-state index contributed by atoms with van der Waals surface area (Å²) >= 11 is 7.71. The Balaban J connectivity index is 0.00000134. The maximum atomic E-state index is 12.7. The second-order valence-electron chi connectivity index (χ2n) is 9.47. The van der Waals surface area contributed by atoms with E-state index >= 15 is 0 Å². The van der Waals surface area contributed by atoms with Crippen molar-refractivity contribution in [3.8, 4) is 0 Å². The molecule has 8 nitrogen and oxygen atoms in total. The third kappa shape index (κ3) is 8.22. The molecule has 3 N–H and O–H groups in total. The Morgan fingerprint density at radius 3 is 2.27 bits per heavy atom. The molecule has 3 heterocycles. The van der Waals surface area contributed by atoms with Gasteiger partial charge in [-0.05, 0) is 45.5 Å². The highest BCUT2D eigenvalue weighted by atomic mass is 35.5. The van der Waals surface area contributed by atoms with Crippen LogP contribution in [0.5, 0.6) is 0 Å². The zero-order valence-electron chi connectivity index (χ0n) is 25.3. The molecule has 220 valence electrons. The van der Waals surface area contributed by atoms with Gasteiger partial charge in [-0.25, -0.2) is 0 Å². The van der Waals surface area contributed by atoms with E-state index in [2.05, 4.69) is 29.1 Å².